The van der Waals surface area contributed by atoms with E-state index in [9.17, 15) is 4.79 Å². The van der Waals surface area contributed by atoms with Crippen LogP contribution in [0.1, 0.15) is 19.4 Å². The average molecular weight is 276 g/mol. The van der Waals surface area contributed by atoms with Crippen LogP contribution in [0.4, 0.5) is 5.69 Å². The van der Waals surface area contributed by atoms with Crippen molar-refractivity contribution < 1.29 is 9.90 Å². The summed E-state index contributed by atoms with van der Waals surface area (Å²) in [5.41, 5.74) is 1.81. The fraction of sp³-hybridized carbons (Fsp3) is 0.438. The van der Waals surface area contributed by atoms with Gasteiger partial charge >= 0.3 is 0 Å². The van der Waals surface area contributed by atoms with Crippen LogP contribution < -0.4 is 10.2 Å². The predicted octanol–water partition coefficient (Wildman–Crippen LogP) is 1.90. The molecule has 0 fully saturated rings. The summed E-state index contributed by atoms with van der Waals surface area (Å²) in [7, 11) is 3.97. The molecule has 0 spiro atoms. The summed E-state index contributed by atoms with van der Waals surface area (Å²) < 4.78 is 0. The summed E-state index contributed by atoms with van der Waals surface area (Å²) in [6, 6.07) is 7.95. The van der Waals surface area contributed by atoms with Crippen molar-refractivity contribution in [3.05, 3.63) is 35.9 Å². The molecule has 0 heterocycles. The lowest BCUT2D eigenvalue weighted by molar-refractivity contribution is -0.116. The van der Waals surface area contributed by atoms with Crippen LogP contribution in [0.15, 0.2) is 30.3 Å². The maximum atomic E-state index is 11.7. The molecule has 0 aliphatic rings. The highest BCUT2D eigenvalue weighted by atomic mass is 16.3. The monoisotopic (exact) mass is 276 g/mol. The van der Waals surface area contributed by atoms with E-state index in [4.69, 9.17) is 5.11 Å². The SMILES string of the molecule is CN(C)c1ccc(/C=C/C(=O)NCC(C)(C)CO)cc1. The highest BCUT2D eigenvalue weighted by molar-refractivity contribution is 5.91. The van der Waals surface area contributed by atoms with Crippen molar-refractivity contribution in [2.75, 3.05) is 32.1 Å². The number of nitrogens with zero attached hydrogens (tertiary/aromatic N) is 1. The molecule has 110 valence electrons. The van der Waals surface area contributed by atoms with Crippen molar-refractivity contribution in [1.82, 2.24) is 5.32 Å². The summed E-state index contributed by atoms with van der Waals surface area (Å²) in [5.74, 6) is -0.150. The van der Waals surface area contributed by atoms with Crippen LogP contribution in [0.3, 0.4) is 0 Å². The van der Waals surface area contributed by atoms with Gasteiger partial charge in [0.15, 0.2) is 0 Å². The first-order valence-electron chi connectivity index (χ1n) is 6.68. The van der Waals surface area contributed by atoms with Crippen molar-refractivity contribution in [1.29, 1.82) is 0 Å². The highest BCUT2D eigenvalue weighted by Gasteiger charge is 2.16. The van der Waals surface area contributed by atoms with Gasteiger partial charge in [-0.1, -0.05) is 26.0 Å². The zero-order valence-electron chi connectivity index (χ0n) is 12.7. The van der Waals surface area contributed by atoms with E-state index in [1.807, 2.05) is 57.1 Å². The maximum absolute atomic E-state index is 11.7. The number of benzene rings is 1. The quantitative estimate of drug-likeness (QED) is 0.780. The Labute approximate surface area is 121 Å². The molecular weight excluding hydrogens is 252 g/mol. The molecule has 0 bridgehead atoms. The zero-order chi connectivity index (χ0) is 15.2. The highest BCUT2D eigenvalue weighted by Crippen LogP contribution is 2.13. The van der Waals surface area contributed by atoms with Crippen LogP contribution in [0.5, 0.6) is 0 Å². The number of carbonyl (C=O) groups excluding carboxylic acids is 1. The summed E-state index contributed by atoms with van der Waals surface area (Å²) in [4.78, 5) is 13.7. The molecular formula is C16H24N2O2. The molecule has 20 heavy (non-hydrogen) atoms. The number of hydrogen-bond donors (Lipinski definition) is 2. The van der Waals surface area contributed by atoms with Crippen molar-refractivity contribution in [2.45, 2.75) is 13.8 Å². The minimum atomic E-state index is -0.295. The van der Waals surface area contributed by atoms with Gasteiger partial charge in [0.1, 0.15) is 0 Å². The van der Waals surface area contributed by atoms with E-state index in [1.54, 1.807) is 6.08 Å². The Morgan fingerprint density at radius 1 is 1.30 bits per heavy atom. The van der Waals surface area contributed by atoms with Crippen LogP contribution >= 0.6 is 0 Å². The molecule has 1 amide bonds. The third-order valence-electron chi connectivity index (χ3n) is 3.01. The molecule has 0 saturated heterocycles. The second-order valence-corrected chi connectivity index (χ2v) is 5.86. The molecule has 0 atom stereocenters. The van der Waals surface area contributed by atoms with Gasteiger partial charge in [0.05, 0.1) is 0 Å². The summed E-state index contributed by atoms with van der Waals surface area (Å²) in [6.07, 6.45) is 3.29. The molecule has 1 aromatic rings. The predicted molar refractivity (Wildman–Crippen MR) is 83.7 cm³/mol. The maximum Gasteiger partial charge on any atom is 0.244 e. The summed E-state index contributed by atoms with van der Waals surface area (Å²) in [6.45, 7) is 4.29. The standard InChI is InChI=1S/C16H24N2O2/c1-16(2,12-19)11-17-15(20)10-7-13-5-8-14(9-6-13)18(3)4/h5-10,19H,11-12H2,1-4H3,(H,17,20)/b10-7+. The van der Waals surface area contributed by atoms with E-state index in [2.05, 4.69) is 5.32 Å². The van der Waals surface area contributed by atoms with Crippen LogP contribution in [0.25, 0.3) is 6.08 Å². The van der Waals surface area contributed by atoms with E-state index in [1.165, 1.54) is 6.08 Å². The first-order valence-corrected chi connectivity index (χ1v) is 6.68. The van der Waals surface area contributed by atoms with Crippen LogP contribution in [-0.2, 0) is 4.79 Å². The van der Waals surface area contributed by atoms with Gasteiger partial charge in [-0.05, 0) is 23.8 Å². The first kappa shape index (κ1) is 16.2. The van der Waals surface area contributed by atoms with Gasteiger partial charge in [0.2, 0.25) is 5.91 Å². The first-order chi connectivity index (χ1) is 9.34. The minimum Gasteiger partial charge on any atom is -0.396 e. The van der Waals surface area contributed by atoms with E-state index in [0.29, 0.717) is 6.54 Å². The lowest BCUT2D eigenvalue weighted by Gasteiger charge is -2.21. The van der Waals surface area contributed by atoms with Gasteiger partial charge in [0, 0.05) is 44.4 Å². The molecule has 0 aromatic heterocycles. The fourth-order valence-corrected chi connectivity index (χ4v) is 1.50. The fourth-order valence-electron chi connectivity index (χ4n) is 1.50. The number of nitrogens with one attached hydrogen (secondary N) is 1. The van der Waals surface area contributed by atoms with Gasteiger partial charge in [-0.25, -0.2) is 0 Å². The molecule has 0 aliphatic heterocycles. The number of hydrogen-bond acceptors (Lipinski definition) is 3. The molecule has 2 N–H and O–H groups in total. The summed E-state index contributed by atoms with van der Waals surface area (Å²) >= 11 is 0. The Kier molecular flexibility index (Phi) is 5.77. The number of amides is 1. The largest absolute Gasteiger partial charge is 0.396 e. The zero-order valence-corrected chi connectivity index (χ0v) is 12.7. The van der Waals surface area contributed by atoms with Crippen molar-refractivity contribution >= 4 is 17.7 Å². The van der Waals surface area contributed by atoms with Crippen molar-refractivity contribution in [3.63, 3.8) is 0 Å². The van der Waals surface area contributed by atoms with E-state index in [0.717, 1.165) is 11.3 Å². The molecule has 0 saturated carbocycles. The lowest BCUT2D eigenvalue weighted by atomic mass is 9.95. The second-order valence-electron chi connectivity index (χ2n) is 5.86. The van der Waals surface area contributed by atoms with E-state index < -0.39 is 0 Å². The molecule has 1 rings (SSSR count). The van der Waals surface area contributed by atoms with Gasteiger partial charge in [-0.15, -0.1) is 0 Å². The molecule has 0 radical (unpaired) electrons. The molecule has 0 aliphatic carbocycles. The molecule has 0 unspecified atom stereocenters. The number of aliphatic hydroxyl groups is 1. The molecule has 4 heteroatoms. The molecule has 4 nitrogen and oxygen atoms in total. The van der Waals surface area contributed by atoms with Crippen LogP contribution in [0, 0.1) is 5.41 Å². The Morgan fingerprint density at radius 3 is 2.40 bits per heavy atom. The number of anilines is 1. The Hall–Kier alpha value is -1.81. The third-order valence-corrected chi connectivity index (χ3v) is 3.01. The van der Waals surface area contributed by atoms with E-state index >= 15 is 0 Å². The average Bonchev–Trinajstić information content (AvgIpc) is 2.43. The van der Waals surface area contributed by atoms with Crippen LogP contribution in [-0.4, -0.2) is 38.3 Å². The summed E-state index contributed by atoms with van der Waals surface area (Å²) in [5, 5.41) is 11.9. The smallest absolute Gasteiger partial charge is 0.244 e. The van der Waals surface area contributed by atoms with Gasteiger partial charge in [-0.2, -0.15) is 0 Å². The number of rotatable bonds is 6. The van der Waals surface area contributed by atoms with Crippen LogP contribution in [0.2, 0.25) is 0 Å². The van der Waals surface area contributed by atoms with Gasteiger partial charge < -0.3 is 15.3 Å². The van der Waals surface area contributed by atoms with Crippen molar-refractivity contribution in [3.8, 4) is 0 Å². The Morgan fingerprint density at radius 2 is 1.90 bits per heavy atom. The third kappa shape index (κ3) is 5.45. The van der Waals surface area contributed by atoms with Gasteiger partial charge in [0.25, 0.3) is 0 Å². The number of aliphatic hydroxyl groups excluding tert-OH is 1. The lowest BCUT2D eigenvalue weighted by Crippen LogP contribution is -2.35. The number of carbonyl (C=O) groups is 1. The second kappa shape index (κ2) is 7.10. The van der Waals surface area contributed by atoms with Gasteiger partial charge in [-0.3, -0.25) is 4.79 Å². The minimum absolute atomic E-state index is 0.0446. The Bertz CT molecular complexity index is 462. The molecule has 1 aromatic carbocycles. The van der Waals surface area contributed by atoms with E-state index in [-0.39, 0.29) is 17.9 Å². The normalized spacial score (nSPS) is 11.7. The van der Waals surface area contributed by atoms with Crippen molar-refractivity contribution in [2.24, 2.45) is 5.41 Å². The topological polar surface area (TPSA) is 52.6 Å². The Balaban J connectivity index is 2.53.